The summed E-state index contributed by atoms with van der Waals surface area (Å²) in [5.41, 5.74) is 0.363. The van der Waals surface area contributed by atoms with Crippen molar-refractivity contribution in [2.24, 2.45) is 13.0 Å². The Morgan fingerprint density at radius 3 is 2.92 bits per heavy atom. The van der Waals surface area contributed by atoms with Crippen LogP contribution in [0.4, 0.5) is 0 Å². The Bertz CT molecular complexity index is 328. The summed E-state index contributed by atoms with van der Waals surface area (Å²) in [5, 5.41) is 13.5. The summed E-state index contributed by atoms with van der Waals surface area (Å²) in [6.45, 7) is 0. The van der Waals surface area contributed by atoms with Crippen LogP contribution in [-0.2, 0) is 7.05 Å². The van der Waals surface area contributed by atoms with E-state index < -0.39 is 6.10 Å². The number of aliphatic hydroxyl groups excluding tert-OH is 1. The fourth-order valence-corrected chi connectivity index (χ4v) is 1.32. The van der Waals surface area contributed by atoms with Gasteiger partial charge in [0, 0.05) is 13.2 Å². The number of aromatic nitrogens is 2. The molecule has 1 aromatic heterocycles. The van der Waals surface area contributed by atoms with Gasteiger partial charge in [-0.3, -0.25) is 9.48 Å². The molecule has 1 saturated carbocycles. The van der Waals surface area contributed by atoms with E-state index in [1.54, 1.807) is 24.0 Å². The maximum absolute atomic E-state index is 11.5. The van der Waals surface area contributed by atoms with E-state index in [2.05, 4.69) is 5.10 Å². The van der Waals surface area contributed by atoms with Crippen molar-refractivity contribution >= 4 is 5.78 Å². The average molecular weight is 180 g/mol. The number of hydrogen-bond donors (Lipinski definition) is 1. The standard InChI is InChI=1S/C9H12N2O2/c1-11-5-4-7(10-11)9(13)8(12)6-2-3-6/h4-6,8,12H,2-3H2,1H3. The Balaban J connectivity index is 2.11. The van der Waals surface area contributed by atoms with E-state index in [0.717, 1.165) is 12.8 Å². The molecule has 0 bridgehead atoms. The van der Waals surface area contributed by atoms with Crippen molar-refractivity contribution in [1.82, 2.24) is 9.78 Å². The maximum atomic E-state index is 11.5. The Hall–Kier alpha value is -1.16. The first-order valence-electron chi connectivity index (χ1n) is 4.40. The average Bonchev–Trinajstić information content (AvgIpc) is 2.87. The van der Waals surface area contributed by atoms with Crippen molar-refractivity contribution in [2.75, 3.05) is 0 Å². The lowest BCUT2D eigenvalue weighted by Crippen LogP contribution is -2.23. The highest BCUT2D eigenvalue weighted by Gasteiger charge is 2.35. The van der Waals surface area contributed by atoms with Gasteiger partial charge < -0.3 is 5.11 Å². The Labute approximate surface area is 76.2 Å². The second-order valence-electron chi connectivity index (χ2n) is 3.52. The number of rotatable bonds is 3. The van der Waals surface area contributed by atoms with Gasteiger partial charge in [0.25, 0.3) is 0 Å². The molecule has 0 aromatic carbocycles. The minimum Gasteiger partial charge on any atom is -0.385 e. The molecule has 0 radical (unpaired) electrons. The topological polar surface area (TPSA) is 55.1 Å². The molecule has 1 heterocycles. The number of hydrogen-bond acceptors (Lipinski definition) is 3. The van der Waals surface area contributed by atoms with Gasteiger partial charge in [-0.25, -0.2) is 0 Å². The summed E-state index contributed by atoms with van der Waals surface area (Å²) in [4.78, 5) is 11.5. The summed E-state index contributed by atoms with van der Waals surface area (Å²) in [5.74, 6) is -0.0717. The van der Waals surface area contributed by atoms with Crippen molar-refractivity contribution in [1.29, 1.82) is 0 Å². The van der Waals surface area contributed by atoms with Gasteiger partial charge in [0.2, 0.25) is 5.78 Å². The third-order valence-electron chi connectivity index (χ3n) is 2.30. The minimum absolute atomic E-state index is 0.175. The molecule has 13 heavy (non-hydrogen) atoms. The van der Waals surface area contributed by atoms with Crippen molar-refractivity contribution in [2.45, 2.75) is 18.9 Å². The molecule has 0 spiro atoms. The van der Waals surface area contributed by atoms with Crippen LogP contribution in [0.25, 0.3) is 0 Å². The van der Waals surface area contributed by atoms with Gasteiger partial charge in [-0.2, -0.15) is 5.10 Å². The first kappa shape index (κ1) is 8.44. The number of carbonyl (C=O) groups is 1. The summed E-state index contributed by atoms with van der Waals surface area (Å²) in [6, 6.07) is 1.63. The molecule has 1 fully saturated rings. The van der Waals surface area contributed by atoms with Crippen LogP contribution in [0.1, 0.15) is 23.3 Å². The summed E-state index contributed by atoms with van der Waals surface area (Å²) in [7, 11) is 1.75. The van der Waals surface area contributed by atoms with Gasteiger partial charge in [-0.1, -0.05) is 0 Å². The van der Waals surface area contributed by atoms with E-state index in [1.165, 1.54) is 0 Å². The zero-order chi connectivity index (χ0) is 9.42. The fraction of sp³-hybridized carbons (Fsp3) is 0.556. The van der Waals surface area contributed by atoms with Gasteiger partial charge >= 0.3 is 0 Å². The van der Waals surface area contributed by atoms with Gasteiger partial charge in [-0.05, 0) is 24.8 Å². The Morgan fingerprint density at radius 2 is 2.46 bits per heavy atom. The highest BCUT2D eigenvalue weighted by molar-refractivity contribution is 5.97. The molecular weight excluding hydrogens is 168 g/mol. The summed E-state index contributed by atoms with van der Waals surface area (Å²) in [6.07, 6.45) is 2.78. The van der Waals surface area contributed by atoms with Crippen molar-refractivity contribution in [3.8, 4) is 0 Å². The van der Waals surface area contributed by atoms with E-state index >= 15 is 0 Å². The third-order valence-corrected chi connectivity index (χ3v) is 2.30. The first-order chi connectivity index (χ1) is 6.18. The number of aliphatic hydroxyl groups is 1. The number of Topliss-reactive ketones (excluding diaryl/α,β-unsaturated/α-hetero) is 1. The quantitative estimate of drug-likeness (QED) is 0.684. The van der Waals surface area contributed by atoms with Gasteiger partial charge in [0.15, 0.2) is 0 Å². The van der Waals surface area contributed by atoms with E-state index in [-0.39, 0.29) is 11.7 Å². The van der Waals surface area contributed by atoms with Crippen molar-refractivity contribution < 1.29 is 9.90 Å². The predicted octanol–water partition coefficient (Wildman–Crippen LogP) is 0.374. The molecule has 4 nitrogen and oxygen atoms in total. The number of nitrogens with zero attached hydrogens (tertiary/aromatic N) is 2. The number of carbonyl (C=O) groups excluding carboxylic acids is 1. The molecule has 1 atom stereocenters. The molecule has 1 N–H and O–H groups in total. The van der Waals surface area contributed by atoms with Gasteiger partial charge in [0.05, 0.1) is 0 Å². The smallest absolute Gasteiger partial charge is 0.211 e. The van der Waals surface area contributed by atoms with Crippen LogP contribution in [-0.4, -0.2) is 26.8 Å². The van der Waals surface area contributed by atoms with E-state index in [0.29, 0.717) is 5.69 Å². The molecule has 1 aliphatic carbocycles. The van der Waals surface area contributed by atoms with Crippen LogP contribution in [0.15, 0.2) is 12.3 Å². The summed E-state index contributed by atoms with van der Waals surface area (Å²) >= 11 is 0. The normalized spacial score (nSPS) is 18.6. The van der Waals surface area contributed by atoms with E-state index in [1.807, 2.05) is 0 Å². The molecular formula is C9H12N2O2. The highest BCUT2D eigenvalue weighted by atomic mass is 16.3. The maximum Gasteiger partial charge on any atom is 0.211 e. The zero-order valence-electron chi connectivity index (χ0n) is 7.47. The lowest BCUT2D eigenvalue weighted by atomic mass is 10.1. The Morgan fingerprint density at radius 1 is 1.77 bits per heavy atom. The van der Waals surface area contributed by atoms with Crippen molar-refractivity contribution in [3.63, 3.8) is 0 Å². The highest BCUT2D eigenvalue weighted by Crippen LogP contribution is 2.33. The number of aryl methyl sites for hydroxylation is 1. The Kier molecular flexibility index (Phi) is 1.92. The molecule has 0 aliphatic heterocycles. The summed E-state index contributed by atoms with van der Waals surface area (Å²) < 4.78 is 1.56. The van der Waals surface area contributed by atoms with Crippen LogP contribution in [0.3, 0.4) is 0 Å². The molecule has 1 aliphatic rings. The molecule has 0 amide bonds. The van der Waals surface area contributed by atoms with Crippen LogP contribution in [0, 0.1) is 5.92 Å². The third kappa shape index (κ3) is 1.62. The number of ketones is 1. The zero-order valence-corrected chi connectivity index (χ0v) is 7.47. The van der Waals surface area contributed by atoms with Crippen molar-refractivity contribution in [3.05, 3.63) is 18.0 Å². The van der Waals surface area contributed by atoms with Gasteiger partial charge in [-0.15, -0.1) is 0 Å². The van der Waals surface area contributed by atoms with Gasteiger partial charge in [0.1, 0.15) is 11.8 Å². The van der Waals surface area contributed by atoms with Crippen LogP contribution in [0.2, 0.25) is 0 Å². The minimum atomic E-state index is -0.838. The molecule has 1 aromatic rings. The molecule has 0 saturated heterocycles. The lowest BCUT2D eigenvalue weighted by molar-refractivity contribution is 0.0698. The second-order valence-corrected chi connectivity index (χ2v) is 3.52. The molecule has 70 valence electrons. The van der Waals surface area contributed by atoms with E-state index in [4.69, 9.17) is 0 Å². The molecule has 2 rings (SSSR count). The fourth-order valence-electron chi connectivity index (χ4n) is 1.32. The predicted molar refractivity (Wildman–Crippen MR) is 46.3 cm³/mol. The largest absolute Gasteiger partial charge is 0.385 e. The first-order valence-corrected chi connectivity index (χ1v) is 4.40. The SMILES string of the molecule is Cn1ccc(C(=O)C(O)C2CC2)n1. The molecule has 4 heteroatoms. The van der Waals surface area contributed by atoms with E-state index in [9.17, 15) is 9.90 Å². The monoisotopic (exact) mass is 180 g/mol. The van der Waals surface area contributed by atoms with Crippen LogP contribution >= 0.6 is 0 Å². The molecule has 1 unspecified atom stereocenters. The van der Waals surface area contributed by atoms with Crippen LogP contribution < -0.4 is 0 Å². The van der Waals surface area contributed by atoms with Crippen LogP contribution in [0.5, 0.6) is 0 Å². The second kappa shape index (κ2) is 2.96. The lowest BCUT2D eigenvalue weighted by Gasteiger charge is -2.04.